The molecule has 0 spiro atoms. The number of rotatable bonds is 21. The highest BCUT2D eigenvalue weighted by molar-refractivity contribution is 6.03. The predicted octanol–water partition coefficient (Wildman–Crippen LogP) is 11.4. The van der Waals surface area contributed by atoms with E-state index in [0.717, 1.165) is 47.9 Å². The van der Waals surface area contributed by atoms with Crippen molar-refractivity contribution in [3.05, 3.63) is 149 Å². The van der Waals surface area contributed by atoms with Crippen LogP contribution in [0, 0.1) is 27.9 Å². The summed E-state index contributed by atoms with van der Waals surface area (Å²) in [5.74, 6) is -0.357. The van der Waals surface area contributed by atoms with Crippen LogP contribution in [0.4, 0.5) is 5.69 Å². The van der Waals surface area contributed by atoms with Crippen molar-refractivity contribution in [2.45, 2.75) is 102 Å². The second kappa shape index (κ2) is 22.1. The van der Waals surface area contributed by atoms with E-state index in [1.165, 1.54) is 18.2 Å². The molecule has 1 amide bonds. The van der Waals surface area contributed by atoms with Crippen LogP contribution in [0.15, 0.2) is 133 Å². The average molecular weight is 912 g/mol. The van der Waals surface area contributed by atoms with Crippen molar-refractivity contribution >= 4 is 23.4 Å². The van der Waals surface area contributed by atoms with Crippen molar-refractivity contribution in [1.82, 2.24) is 4.90 Å². The Morgan fingerprint density at radius 3 is 2.28 bits per heavy atom. The van der Waals surface area contributed by atoms with Gasteiger partial charge in [-0.25, -0.2) is 0 Å². The van der Waals surface area contributed by atoms with Crippen LogP contribution in [-0.4, -0.2) is 75.5 Å². The molecule has 0 aromatic heterocycles. The number of aliphatic hydroxyl groups excluding tert-OH is 2. The Bertz CT molecular complexity index is 2410. The Labute approximate surface area is 394 Å². The lowest BCUT2D eigenvalue weighted by Gasteiger charge is -2.60. The molecule has 6 unspecified atom stereocenters. The van der Waals surface area contributed by atoms with E-state index in [1.807, 2.05) is 75.1 Å². The van der Waals surface area contributed by atoms with E-state index in [-0.39, 0.29) is 55.6 Å². The third-order valence-corrected chi connectivity index (χ3v) is 12.9. The summed E-state index contributed by atoms with van der Waals surface area (Å²) in [5.41, 5.74) is 4.79. The molecule has 1 fully saturated rings. The normalized spacial score (nSPS) is 22.6. The van der Waals surface area contributed by atoms with Crippen LogP contribution >= 0.6 is 0 Å². The highest BCUT2D eigenvalue weighted by Gasteiger charge is 2.65. The Kier molecular flexibility index (Phi) is 16.1. The first-order chi connectivity index (χ1) is 32.4. The fourth-order valence-electron chi connectivity index (χ4n) is 10.0. The number of hydrogen-bond acceptors (Lipinski definition) is 10. The third kappa shape index (κ3) is 11.4. The first-order valence-corrected chi connectivity index (χ1v) is 23.7. The van der Waals surface area contributed by atoms with Gasteiger partial charge in [0.2, 0.25) is 11.7 Å². The molecule has 0 bridgehead atoms. The molecule has 4 aromatic carbocycles. The first-order valence-electron chi connectivity index (χ1n) is 23.7. The van der Waals surface area contributed by atoms with Gasteiger partial charge in [0.1, 0.15) is 28.9 Å². The summed E-state index contributed by atoms with van der Waals surface area (Å²) in [6.45, 7) is 12.6. The van der Waals surface area contributed by atoms with Crippen molar-refractivity contribution < 1.29 is 39.0 Å². The van der Waals surface area contributed by atoms with Crippen LogP contribution in [0.2, 0.25) is 0 Å². The monoisotopic (exact) mass is 911 g/mol. The number of nitro benzene ring substituents is 1. The highest BCUT2D eigenvalue weighted by atomic mass is 16.7. The topological polar surface area (TPSA) is 153 Å². The Morgan fingerprint density at radius 1 is 0.940 bits per heavy atom. The van der Waals surface area contributed by atoms with Crippen molar-refractivity contribution in [2.75, 3.05) is 26.4 Å². The average Bonchev–Trinajstić information content (AvgIpc) is 3.32. The van der Waals surface area contributed by atoms with Gasteiger partial charge in [0.05, 0.1) is 23.2 Å². The van der Waals surface area contributed by atoms with Gasteiger partial charge in [-0.05, 0) is 136 Å². The van der Waals surface area contributed by atoms with Gasteiger partial charge in [-0.15, -0.1) is 6.58 Å². The maximum absolute atomic E-state index is 14.8. The Hall–Kier alpha value is -6.08. The number of aliphatic hydroxyl groups is 2. The summed E-state index contributed by atoms with van der Waals surface area (Å²) >= 11 is 0. The second-order valence-corrected chi connectivity index (χ2v) is 18.7. The number of non-ortho nitro benzene ring substituents is 1. The van der Waals surface area contributed by atoms with E-state index in [0.29, 0.717) is 54.3 Å². The molecular weight excluding hydrogens is 847 g/mol. The number of amides is 1. The molecule has 67 heavy (non-hydrogen) atoms. The molecule has 7 rings (SSSR count). The first kappa shape index (κ1) is 48.8. The number of allylic oxidation sites excluding steroid dienone is 1. The van der Waals surface area contributed by atoms with Crippen molar-refractivity contribution in [2.24, 2.45) is 22.9 Å². The number of unbranched alkanes of at least 4 members (excludes halogenated alkanes) is 2. The molecule has 3 aliphatic rings. The SMILES string of the molecule is C=CCOC12Oc3ccc(Oc4ccc(-c5ccccc5)cc4)cc3C3C(CCCCO)C(CCCCO)C=C(C(=NOC(C)(C)C)CC1N(CCC)C(=O)C=Cc1ccc([N+](=O)[O-])cc1)C32. The van der Waals surface area contributed by atoms with Crippen molar-refractivity contribution in [3.8, 4) is 28.4 Å². The third-order valence-electron chi connectivity index (χ3n) is 12.9. The summed E-state index contributed by atoms with van der Waals surface area (Å²) in [5, 5.41) is 36.3. The molecule has 0 radical (unpaired) electrons. The van der Waals surface area contributed by atoms with E-state index in [1.54, 1.807) is 24.3 Å². The molecule has 12 heteroatoms. The predicted molar refractivity (Wildman–Crippen MR) is 262 cm³/mol. The zero-order valence-electron chi connectivity index (χ0n) is 39.2. The largest absolute Gasteiger partial charge is 0.459 e. The maximum Gasteiger partial charge on any atom is 0.269 e. The second-order valence-electron chi connectivity index (χ2n) is 18.7. The fourth-order valence-corrected chi connectivity index (χ4v) is 10.0. The van der Waals surface area contributed by atoms with Gasteiger partial charge in [-0.2, -0.15) is 0 Å². The molecule has 354 valence electrons. The number of nitrogens with zero attached hydrogens (tertiary/aromatic N) is 3. The van der Waals surface area contributed by atoms with E-state index >= 15 is 0 Å². The Balaban J connectivity index is 1.39. The molecule has 6 atom stereocenters. The molecule has 2 N–H and O–H groups in total. The number of fused-ring (bicyclic) bond motifs is 2. The standard InChI is InChI=1S/C55H65N3O9/c1-6-31-57(51(61)30-21-38-19-24-42(25-20-38)58(62)63)50-37-48(56-67-54(3,4)5)46-35-41(17-11-13-32-59)45(18-12-14-33-60)52-47-36-44(28-29-49(47)66-55(50,53(46)52)64-34-7-2)65-43-26-22-40(23-27-43)39-15-9-8-10-16-39/h7-10,15-16,19-30,35-36,41,45,50,52-53,59-60H,2,6,11-14,17-18,31-34,37H2,1,3-5H3. The van der Waals surface area contributed by atoms with Gasteiger partial charge in [0.15, 0.2) is 0 Å². The zero-order chi connectivity index (χ0) is 47.6. The van der Waals surface area contributed by atoms with E-state index in [9.17, 15) is 25.1 Å². The van der Waals surface area contributed by atoms with Gasteiger partial charge >= 0.3 is 0 Å². The molecule has 1 aliphatic heterocycles. The number of benzene rings is 4. The minimum atomic E-state index is -1.43. The van der Waals surface area contributed by atoms with Crippen molar-refractivity contribution in [1.29, 1.82) is 0 Å². The van der Waals surface area contributed by atoms with Crippen LogP contribution in [0.1, 0.15) is 96.1 Å². The van der Waals surface area contributed by atoms with Gasteiger partial charge in [-0.3, -0.25) is 14.9 Å². The summed E-state index contributed by atoms with van der Waals surface area (Å²) in [7, 11) is 0. The van der Waals surface area contributed by atoms with Gasteiger partial charge < -0.3 is 34.2 Å². The lowest BCUT2D eigenvalue weighted by molar-refractivity contribution is -0.384. The summed E-state index contributed by atoms with van der Waals surface area (Å²) < 4.78 is 21.1. The maximum atomic E-state index is 14.8. The number of hydrogen-bond donors (Lipinski definition) is 2. The minimum Gasteiger partial charge on any atom is -0.459 e. The smallest absolute Gasteiger partial charge is 0.269 e. The number of carbonyl (C=O) groups excluding carboxylic acids is 1. The lowest BCUT2D eigenvalue weighted by atomic mass is 9.55. The summed E-state index contributed by atoms with van der Waals surface area (Å²) in [6, 6.07) is 29.6. The Morgan fingerprint density at radius 2 is 1.63 bits per heavy atom. The number of nitro groups is 1. The van der Waals surface area contributed by atoms with Crippen LogP contribution in [0.5, 0.6) is 17.2 Å². The molecule has 1 heterocycles. The zero-order valence-corrected chi connectivity index (χ0v) is 39.2. The number of oxime groups is 1. The fraction of sp³-hybridized carbons (Fsp3) is 0.418. The lowest BCUT2D eigenvalue weighted by Crippen LogP contribution is -2.70. The van der Waals surface area contributed by atoms with Gasteiger partial charge in [0.25, 0.3) is 5.69 Å². The minimum absolute atomic E-state index is 0.0361. The van der Waals surface area contributed by atoms with Crippen LogP contribution in [-0.2, 0) is 14.4 Å². The summed E-state index contributed by atoms with van der Waals surface area (Å²) in [6.07, 6.45) is 12.6. The highest BCUT2D eigenvalue weighted by Crippen LogP contribution is 2.62. The molecular formula is C55H65N3O9. The molecule has 12 nitrogen and oxygen atoms in total. The van der Waals surface area contributed by atoms with E-state index in [2.05, 4.69) is 43.0 Å². The van der Waals surface area contributed by atoms with Crippen LogP contribution < -0.4 is 9.47 Å². The number of carbonyl (C=O) groups is 1. The van der Waals surface area contributed by atoms with Crippen molar-refractivity contribution in [3.63, 3.8) is 0 Å². The molecule has 4 aromatic rings. The van der Waals surface area contributed by atoms with Gasteiger partial charge in [-0.1, -0.05) is 79.5 Å². The van der Waals surface area contributed by atoms with E-state index in [4.69, 9.17) is 24.2 Å². The van der Waals surface area contributed by atoms with Crippen LogP contribution in [0.3, 0.4) is 0 Å². The molecule has 0 saturated heterocycles. The quantitative estimate of drug-likeness (QED) is 0.0273. The van der Waals surface area contributed by atoms with Gasteiger partial charge in [0, 0.05) is 55.9 Å². The number of ether oxygens (including phenoxy) is 3. The molecule has 1 saturated carbocycles. The summed E-state index contributed by atoms with van der Waals surface area (Å²) in [4.78, 5) is 33.8. The molecule has 2 aliphatic carbocycles. The van der Waals surface area contributed by atoms with Crippen LogP contribution in [0.25, 0.3) is 17.2 Å². The van der Waals surface area contributed by atoms with E-state index < -0.39 is 28.3 Å².